The summed E-state index contributed by atoms with van der Waals surface area (Å²) in [5.41, 5.74) is 8.10. The molecule has 0 spiro atoms. The monoisotopic (exact) mass is 251 g/mol. The van der Waals surface area contributed by atoms with Gasteiger partial charge in [0.1, 0.15) is 5.52 Å². The summed E-state index contributed by atoms with van der Waals surface area (Å²) < 4.78 is 5.78. The van der Waals surface area contributed by atoms with Gasteiger partial charge < -0.3 is 10.5 Å². The molecule has 3 rings (SSSR count). The summed E-state index contributed by atoms with van der Waals surface area (Å²) >= 11 is 0. The highest BCUT2D eigenvalue weighted by Gasteiger charge is 2.07. The average molecular weight is 251 g/mol. The Balaban J connectivity index is 2.10. The minimum absolute atomic E-state index is 0.401. The number of nitrogen functional groups attached to an aromatic ring is 1. The lowest BCUT2D eigenvalue weighted by atomic mass is 10.2. The molecule has 4 heteroatoms. The fourth-order valence-electron chi connectivity index (χ4n) is 1.89. The van der Waals surface area contributed by atoms with Crippen molar-refractivity contribution in [1.82, 2.24) is 9.97 Å². The van der Waals surface area contributed by atoms with E-state index in [1.807, 2.05) is 37.3 Å². The Hall–Kier alpha value is -2.62. The molecule has 94 valence electrons. The van der Waals surface area contributed by atoms with E-state index in [0.717, 1.165) is 16.6 Å². The normalized spacial score (nSPS) is 10.6. The zero-order valence-electron chi connectivity index (χ0n) is 10.5. The number of nitrogens with zero attached hydrogens (tertiary/aromatic N) is 2. The molecule has 2 aromatic heterocycles. The van der Waals surface area contributed by atoms with Crippen LogP contribution in [0.15, 0.2) is 48.7 Å². The fraction of sp³-hybridized carbons (Fsp3) is 0.0667. The molecule has 2 heterocycles. The Bertz CT molecular complexity index is 740. The summed E-state index contributed by atoms with van der Waals surface area (Å²) in [7, 11) is 0. The average Bonchev–Trinajstić information content (AvgIpc) is 2.42. The lowest BCUT2D eigenvalue weighted by Crippen LogP contribution is -1.95. The zero-order chi connectivity index (χ0) is 13.2. The number of pyridine rings is 2. The van der Waals surface area contributed by atoms with Gasteiger partial charge in [-0.05, 0) is 31.2 Å². The van der Waals surface area contributed by atoms with Crippen molar-refractivity contribution in [1.29, 1.82) is 0 Å². The van der Waals surface area contributed by atoms with Gasteiger partial charge in [0.05, 0.1) is 5.69 Å². The third-order valence-corrected chi connectivity index (χ3v) is 2.83. The molecule has 0 unspecified atom stereocenters. The van der Waals surface area contributed by atoms with E-state index in [-0.39, 0.29) is 0 Å². The lowest BCUT2D eigenvalue weighted by molar-refractivity contribution is 0.470. The molecule has 0 fully saturated rings. The maximum absolute atomic E-state index is 5.83. The van der Waals surface area contributed by atoms with Crippen molar-refractivity contribution >= 4 is 16.6 Å². The number of aromatic nitrogens is 2. The summed E-state index contributed by atoms with van der Waals surface area (Å²) in [5.74, 6) is 1.06. The second-order valence-electron chi connectivity index (χ2n) is 4.28. The summed E-state index contributed by atoms with van der Waals surface area (Å²) in [6.45, 7) is 1.95. The summed E-state index contributed by atoms with van der Waals surface area (Å²) in [6.07, 6.45) is 1.65. The van der Waals surface area contributed by atoms with Gasteiger partial charge in [0.2, 0.25) is 5.88 Å². The highest BCUT2D eigenvalue weighted by atomic mass is 16.5. The molecule has 0 aliphatic heterocycles. The Labute approximate surface area is 110 Å². The second-order valence-corrected chi connectivity index (χ2v) is 4.28. The molecule has 0 saturated heterocycles. The molecule has 2 N–H and O–H groups in total. The highest BCUT2D eigenvalue weighted by Crippen LogP contribution is 2.30. The summed E-state index contributed by atoms with van der Waals surface area (Å²) in [6, 6.07) is 13.3. The smallest absolute Gasteiger partial charge is 0.242 e. The van der Waals surface area contributed by atoms with Crippen molar-refractivity contribution in [3.8, 4) is 11.6 Å². The van der Waals surface area contributed by atoms with Crippen molar-refractivity contribution < 1.29 is 4.74 Å². The van der Waals surface area contributed by atoms with E-state index in [1.54, 1.807) is 18.3 Å². The minimum atomic E-state index is 0.401. The van der Waals surface area contributed by atoms with Crippen molar-refractivity contribution in [2.24, 2.45) is 0 Å². The highest BCUT2D eigenvalue weighted by molar-refractivity contribution is 5.84. The van der Waals surface area contributed by atoms with Crippen LogP contribution in [-0.4, -0.2) is 9.97 Å². The molecule has 0 bridgehead atoms. The Morgan fingerprint density at radius 3 is 2.79 bits per heavy atom. The van der Waals surface area contributed by atoms with Gasteiger partial charge in [-0.15, -0.1) is 0 Å². The topological polar surface area (TPSA) is 61.0 Å². The molecule has 0 saturated carbocycles. The van der Waals surface area contributed by atoms with Gasteiger partial charge in [-0.2, -0.15) is 0 Å². The number of para-hydroxylation sites is 1. The maximum Gasteiger partial charge on any atom is 0.242 e. The van der Waals surface area contributed by atoms with Crippen LogP contribution in [0.5, 0.6) is 11.6 Å². The van der Waals surface area contributed by atoms with E-state index in [4.69, 9.17) is 10.5 Å². The van der Waals surface area contributed by atoms with Gasteiger partial charge in [0.15, 0.2) is 5.75 Å². The van der Waals surface area contributed by atoms with E-state index in [0.29, 0.717) is 17.3 Å². The first-order valence-electron chi connectivity index (χ1n) is 5.99. The first-order valence-corrected chi connectivity index (χ1v) is 5.99. The number of nitrogens with two attached hydrogens (primary N) is 1. The number of aryl methyl sites for hydroxylation is 1. The van der Waals surface area contributed by atoms with Gasteiger partial charge in [-0.25, -0.2) is 9.97 Å². The van der Waals surface area contributed by atoms with Crippen molar-refractivity contribution in [3.63, 3.8) is 0 Å². The van der Waals surface area contributed by atoms with Crippen LogP contribution in [0.25, 0.3) is 10.9 Å². The number of hydrogen-bond acceptors (Lipinski definition) is 4. The number of fused-ring (bicyclic) bond motifs is 1. The number of benzene rings is 1. The largest absolute Gasteiger partial charge is 0.435 e. The molecule has 0 atom stereocenters. The predicted molar refractivity (Wildman–Crippen MR) is 75.2 cm³/mol. The summed E-state index contributed by atoms with van der Waals surface area (Å²) in [4.78, 5) is 8.64. The molecule has 1 aromatic carbocycles. The molecular formula is C15H13N3O. The quantitative estimate of drug-likeness (QED) is 0.759. The van der Waals surface area contributed by atoms with Gasteiger partial charge in [-0.3, -0.25) is 0 Å². The zero-order valence-corrected chi connectivity index (χ0v) is 10.5. The molecule has 0 radical (unpaired) electrons. The van der Waals surface area contributed by atoms with Gasteiger partial charge in [0.25, 0.3) is 0 Å². The lowest BCUT2D eigenvalue weighted by Gasteiger charge is -2.09. The van der Waals surface area contributed by atoms with E-state index in [2.05, 4.69) is 9.97 Å². The van der Waals surface area contributed by atoms with Gasteiger partial charge in [-0.1, -0.05) is 18.2 Å². The molecule has 0 aliphatic rings. The summed E-state index contributed by atoms with van der Waals surface area (Å²) in [5, 5.41) is 1.03. The second kappa shape index (κ2) is 4.57. The van der Waals surface area contributed by atoms with Crippen LogP contribution < -0.4 is 10.5 Å². The number of hydrogen-bond donors (Lipinski definition) is 1. The molecule has 4 nitrogen and oxygen atoms in total. The van der Waals surface area contributed by atoms with Crippen LogP contribution in [0.2, 0.25) is 0 Å². The number of anilines is 1. The Kier molecular flexibility index (Phi) is 2.76. The Morgan fingerprint density at radius 1 is 1.05 bits per heavy atom. The van der Waals surface area contributed by atoms with Crippen LogP contribution in [0, 0.1) is 6.92 Å². The maximum atomic E-state index is 5.83. The van der Waals surface area contributed by atoms with Gasteiger partial charge >= 0.3 is 0 Å². The van der Waals surface area contributed by atoms with Crippen LogP contribution >= 0.6 is 0 Å². The van der Waals surface area contributed by atoms with Gasteiger partial charge in [0, 0.05) is 17.3 Å². The first kappa shape index (κ1) is 11.5. The van der Waals surface area contributed by atoms with Crippen molar-refractivity contribution in [2.75, 3.05) is 5.73 Å². The molecule has 19 heavy (non-hydrogen) atoms. The minimum Gasteiger partial charge on any atom is -0.435 e. The number of rotatable bonds is 2. The van der Waals surface area contributed by atoms with Crippen LogP contribution in [0.1, 0.15) is 5.69 Å². The van der Waals surface area contributed by atoms with E-state index in [9.17, 15) is 0 Å². The van der Waals surface area contributed by atoms with E-state index in [1.165, 1.54) is 0 Å². The first-order chi connectivity index (χ1) is 9.24. The van der Waals surface area contributed by atoms with Crippen molar-refractivity contribution in [2.45, 2.75) is 6.92 Å². The fourth-order valence-corrected chi connectivity index (χ4v) is 1.89. The molecule has 0 aliphatic carbocycles. The SMILES string of the molecule is Cc1ccc2cccc(Oc3ncccc3N)c2n1. The molecular weight excluding hydrogens is 238 g/mol. The van der Waals surface area contributed by atoms with Crippen LogP contribution in [0.4, 0.5) is 5.69 Å². The van der Waals surface area contributed by atoms with E-state index >= 15 is 0 Å². The van der Waals surface area contributed by atoms with E-state index < -0.39 is 0 Å². The van der Waals surface area contributed by atoms with Crippen LogP contribution in [0.3, 0.4) is 0 Å². The van der Waals surface area contributed by atoms with Crippen molar-refractivity contribution in [3.05, 3.63) is 54.4 Å². The standard InChI is InChI=1S/C15H13N3O/c1-10-7-8-11-4-2-6-13(14(11)18-10)19-15-12(16)5-3-9-17-15/h2-9H,16H2,1H3. The third kappa shape index (κ3) is 2.20. The molecule has 3 aromatic rings. The Morgan fingerprint density at radius 2 is 1.95 bits per heavy atom. The number of ether oxygens (including phenoxy) is 1. The third-order valence-electron chi connectivity index (χ3n) is 2.83. The predicted octanol–water partition coefficient (Wildman–Crippen LogP) is 3.31. The van der Waals surface area contributed by atoms with Crippen LogP contribution in [-0.2, 0) is 0 Å². The molecule has 0 amide bonds.